The number of rotatable bonds is 9. The van der Waals surface area contributed by atoms with Crippen molar-refractivity contribution in [2.75, 3.05) is 41.5 Å². The Morgan fingerprint density at radius 2 is 1.84 bits per heavy atom. The molecule has 0 saturated carbocycles. The number of piperidine rings is 3. The third-order valence-electron chi connectivity index (χ3n) is 8.61. The van der Waals surface area contributed by atoms with Gasteiger partial charge in [-0.3, -0.25) is 4.98 Å². The van der Waals surface area contributed by atoms with Crippen molar-refractivity contribution < 1.29 is 28.5 Å². The number of hydrogen-bond donors (Lipinski definition) is 1. The lowest BCUT2D eigenvalue weighted by molar-refractivity contribution is -0.984. The first-order valence-corrected chi connectivity index (χ1v) is 12.9. The summed E-state index contributed by atoms with van der Waals surface area (Å²) in [5.41, 5.74) is 2.79. The number of quaternary nitrogens is 1. The van der Waals surface area contributed by atoms with Crippen LogP contribution in [0.3, 0.4) is 0 Å². The topological polar surface area (TPSA) is 70.0 Å². The predicted octanol–water partition coefficient (Wildman–Crippen LogP) is 5.34. The molecule has 3 aliphatic rings. The molecule has 8 heteroatoms. The summed E-state index contributed by atoms with van der Waals surface area (Å²) in [6, 6.07) is 11.8. The Bertz CT molecular complexity index is 1300. The molecule has 1 aromatic heterocycles. The Kier molecular flexibility index (Phi) is 8.40. The normalized spacial score (nSPS) is 24.8. The molecular weight excluding hydrogens is 504 g/mol. The van der Waals surface area contributed by atoms with Crippen molar-refractivity contribution in [2.24, 2.45) is 11.8 Å². The van der Waals surface area contributed by atoms with E-state index in [1.165, 1.54) is 0 Å². The van der Waals surface area contributed by atoms with Gasteiger partial charge in [0.05, 0.1) is 52.6 Å². The molecule has 3 aromatic rings. The molecule has 0 spiro atoms. The quantitative estimate of drug-likeness (QED) is 0.291. The zero-order valence-corrected chi connectivity index (χ0v) is 23.4. The molecule has 204 valence electrons. The molecule has 6 rings (SSSR count). The van der Waals surface area contributed by atoms with E-state index in [2.05, 4.69) is 23.7 Å². The molecule has 3 fully saturated rings. The Morgan fingerprint density at radius 3 is 2.53 bits per heavy atom. The van der Waals surface area contributed by atoms with Gasteiger partial charge in [0, 0.05) is 30.3 Å². The molecule has 2 aromatic carbocycles. The minimum absolute atomic E-state index is 0. The highest BCUT2D eigenvalue weighted by Crippen LogP contribution is 2.50. The maximum atomic E-state index is 12.1. The second-order valence-electron chi connectivity index (χ2n) is 10.3. The smallest absolute Gasteiger partial charge is 0.203 e. The molecule has 38 heavy (non-hydrogen) atoms. The molecule has 1 N–H and O–H groups in total. The van der Waals surface area contributed by atoms with Crippen LogP contribution in [0.1, 0.15) is 30.1 Å². The number of aliphatic hydroxyl groups excluding tert-OH is 1. The van der Waals surface area contributed by atoms with Crippen LogP contribution < -0.4 is 18.9 Å². The fourth-order valence-electron chi connectivity index (χ4n) is 6.75. The Labute approximate surface area is 231 Å². The Morgan fingerprint density at radius 1 is 1.05 bits per heavy atom. The average Bonchev–Trinajstić information content (AvgIpc) is 2.95. The number of ether oxygens (including phenoxy) is 4. The van der Waals surface area contributed by atoms with Crippen molar-refractivity contribution in [3.8, 4) is 23.0 Å². The van der Waals surface area contributed by atoms with Gasteiger partial charge in [0.25, 0.3) is 0 Å². The number of methoxy groups -OCH3 is 4. The van der Waals surface area contributed by atoms with Gasteiger partial charge in [-0.1, -0.05) is 6.08 Å². The molecule has 0 radical (unpaired) electrons. The molecule has 3 saturated heterocycles. The van der Waals surface area contributed by atoms with E-state index >= 15 is 0 Å². The molecular formula is C30H38ClN2O5+. The first-order chi connectivity index (χ1) is 18.0. The second-order valence-corrected chi connectivity index (χ2v) is 10.3. The van der Waals surface area contributed by atoms with Crippen LogP contribution in [-0.2, 0) is 6.54 Å². The highest BCUT2D eigenvalue weighted by Gasteiger charge is 2.54. The Balaban J connectivity index is 0.00000336. The monoisotopic (exact) mass is 541 g/mol. The van der Waals surface area contributed by atoms with Crippen LogP contribution in [0.5, 0.6) is 23.0 Å². The largest absolute Gasteiger partial charge is 0.497 e. The fraction of sp³-hybridized carbons (Fsp3) is 0.433. The van der Waals surface area contributed by atoms with E-state index in [0.717, 1.165) is 58.2 Å². The highest BCUT2D eigenvalue weighted by atomic mass is 35.5. The predicted molar refractivity (Wildman–Crippen MR) is 150 cm³/mol. The Hall–Kier alpha value is -3.00. The van der Waals surface area contributed by atoms with Crippen molar-refractivity contribution in [1.29, 1.82) is 0 Å². The standard InChI is InChI=1S/C30H37N2O5.ClH/c1-6-19-17-32(18-21-7-10-27(35-3)30(37-5)29(21)36-4)14-12-20(19)15-26(32)28(33)23-11-13-31-25-9-8-22(34-2)16-24(23)25;/h6-11,13,16,19-20,26,28,33H,1,12,14-15,17-18H2,2-5H3;1H/q+1;/t19?,20?,26-,28+,32?;/m0./s1. The number of nitrogens with zero attached hydrogens (tertiary/aromatic N) is 2. The molecule has 7 nitrogen and oxygen atoms in total. The van der Waals surface area contributed by atoms with Gasteiger partial charge in [-0.05, 0) is 47.9 Å². The van der Waals surface area contributed by atoms with E-state index in [-0.39, 0.29) is 18.4 Å². The summed E-state index contributed by atoms with van der Waals surface area (Å²) in [7, 11) is 6.58. The van der Waals surface area contributed by atoms with Crippen LogP contribution in [-0.4, -0.2) is 62.1 Å². The van der Waals surface area contributed by atoms with Gasteiger partial charge in [-0.25, -0.2) is 0 Å². The maximum Gasteiger partial charge on any atom is 0.203 e. The third-order valence-corrected chi connectivity index (χ3v) is 8.61. The summed E-state index contributed by atoms with van der Waals surface area (Å²) in [5.74, 6) is 3.61. The van der Waals surface area contributed by atoms with E-state index in [1.54, 1.807) is 34.6 Å². The van der Waals surface area contributed by atoms with Gasteiger partial charge in [-0.2, -0.15) is 0 Å². The summed E-state index contributed by atoms with van der Waals surface area (Å²) < 4.78 is 23.3. The van der Waals surface area contributed by atoms with Crippen LogP contribution in [0, 0.1) is 11.8 Å². The number of benzene rings is 2. The van der Waals surface area contributed by atoms with Crippen LogP contribution in [0.4, 0.5) is 0 Å². The van der Waals surface area contributed by atoms with E-state index < -0.39 is 6.10 Å². The minimum atomic E-state index is -0.655. The number of pyridine rings is 1. The van der Waals surface area contributed by atoms with Crippen molar-refractivity contribution in [3.63, 3.8) is 0 Å². The van der Waals surface area contributed by atoms with Gasteiger partial charge < -0.3 is 28.5 Å². The van der Waals surface area contributed by atoms with E-state index in [4.69, 9.17) is 18.9 Å². The SMILES string of the molecule is C=CC1C[N+]2(Cc3ccc(OC)c(OC)c3OC)CCC1C[C@H]2[C@H](O)c1ccnc2ccc(OC)cc12.Cl. The lowest BCUT2D eigenvalue weighted by Gasteiger charge is -2.58. The number of aliphatic hydroxyl groups is 1. The van der Waals surface area contributed by atoms with Crippen LogP contribution >= 0.6 is 12.4 Å². The molecule has 3 unspecified atom stereocenters. The molecule has 3 aliphatic heterocycles. The van der Waals surface area contributed by atoms with Crippen LogP contribution in [0.15, 0.2) is 55.3 Å². The summed E-state index contributed by atoms with van der Waals surface area (Å²) in [4.78, 5) is 4.53. The van der Waals surface area contributed by atoms with Gasteiger partial charge in [0.15, 0.2) is 11.5 Å². The average molecular weight is 542 g/mol. The maximum absolute atomic E-state index is 12.1. The summed E-state index contributed by atoms with van der Waals surface area (Å²) >= 11 is 0. The summed E-state index contributed by atoms with van der Waals surface area (Å²) in [6.07, 6.45) is 5.29. The first-order valence-electron chi connectivity index (χ1n) is 12.9. The number of hydrogen-bond acceptors (Lipinski definition) is 6. The van der Waals surface area contributed by atoms with Gasteiger partial charge in [0.1, 0.15) is 24.4 Å². The van der Waals surface area contributed by atoms with Crippen molar-refractivity contribution >= 4 is 23.3 Å². The molecule has 4 heterocycles. The summed E-state index contributed by atoms with van der Waals surface area (Å²) in [5, 5.41) is 13.0. The van der Waals surface area contributed by atoms with E-state index in [1.807, 2.05) is 30.3 Å². The lowest BCUT2D eigenvalue weighted by atomic mass is 9.71. The lowest BCUT2D eigenvalue weighted by Crippen LogP contribution is -2.67. The van der Waals surface area contributed by atoms with Gasteiger partial charge >= 0.3 is 0 Å². The zero-order valence-electron chi connectivity index (χ0n) is 22.6. The van der Waals surface area contributed by atoms with Crippen molar-refractivity contribution in [1.82, 2.24) is 4.98 Å². The van der Waals surface area contributed by atoms with Crippen LogP contribution in [0.25, 0.3) is 10.9 Å². The summed E-state index contributed by atoms with van der Waals surface area (Å²) in [6.45, 7) is 6.79. The molecule has 2 bridgehead atoms. The molecule has 0 aliphatic carbocycles. The highest BCUT2D eigenvalue weighted by molar-refractivity contribution is 5.85. The number of aromatic nitrogens is 1. The number of fused-ring (bicyclic) bond motifs is 4. The minimum Gasteiger partial charge on any atom is -0.497 e. The van der Waals surface area contributed by atoms with Crippen molar-refractivity contribution in [3.05, 3.63) is 66.4 Å². The van der Waals surface area contributed by atoms with Crippen molar-refractivity contribution in [2.45, 2.75) is 31.5 Å². The van der Waals surface area contributed by atoms with Gasteiger partial charge in [-0.15, -0.1) is 19.0 Å². The molecule has 5 atom stereocenters. The van der Waals surface area contributed by atoms with E-state index in [0.29, 0.717) is 35.6 Å². The first kappa shape index (κ1) is 28.0. The van der Waals surface area contributed by atoms with Crippen LogP contribution in [0.2, 0.25) is 0 Å². The second kappa shape index (κ2) is 11.4. The van der Waals surface area contributed by atoms with E-state index in [9.17, 15) is 5.11 Å². The third kappa shape index (κ3) is 4.68. The number of halogens is 1. The molecule has 0 amide bonds. The van der Waals surface area contributed by atoms with Gasteiger partial charge in [0.2, 0.25) is 5.75 Å². The zero-order chi connectivity index (χ0) is 26.2. The fourth-order valence-corrected chi connectivity index (χ4v) is 6.75.